The van der Waals surface area contributed by atoms with Gasteiger partial charge >= 0.3 is 11.8 Å². The second kappa shape index (κ2) is 12.3. The first-order chi connectivity index (χ1) is 15.7. The SMILES string of the molecule is CCN(CC)c1ccc(CNC(=O)C(=O)Nc2ccc(S(=O)(=O)NC(C)COC)cc2)cn1. The van der Waals surface area contributed by atoms with Gasteiger partial charge in [-0.25, -0.2) is 18.1 Å². The van der Waals surface area contributed by atoms with Gasteiger partial charge in [-0.2, -0.15) is 0 Å². The molecule has 11 heteroatoms. The lowest BCUT2D eigenvalue weighted by Gasteiger charge is -2.19. The number of amides is 2. The number of hydrogen-bond donors (Lipinski definition) is 3. The molecule has 0 bridgehead atoms. The summed E-state index contributed by atoms with van der Waals surface area (Å²) in [6.45, 7) is 7.85. The average Bonchev–Trinajstić information content (AvgIpc) is 2.79. The van der Waals surface area contributed by atoms with E-state index >= 15 is 0 Å². The number of pyridine rings is 1. The number of anilines is 2. The summed E-state index contributed by atoms with van der Waals surface area (Å²) in [6.07, 6.45) is 1.66. The van der Waals surface area contributed by atoms with E-state index in [0.29, 0.717) is 5.69 Å². The van der Waals surface area contributed by atoms with Gasteiger partial charge in [0.15, 0.2) is 0 Å². The molecule has 3 N–H and O–H groups in total. The monoisotopic (exact) mass is 477 g/mol. The fraction of sp³-hybridized carbons (Fsp3) is 0.409. The molecule has 0 radical (unpaired) electrons. The fourth-order valence-corrected chi connectivity index (χ4v) is 4.27. The van der Waals surface area contributed by atoms with Crippen LogP contribution in [0.4, 0.5) is 11.5 Å². The normalized spacial score (nSPS) is 12.1. The third-order valence-electron chi connectivity index (χ3n) is 4.75. The molecule has 0 aliphatic rings. The predicted octanol–water partition coefficient (Wildman–Crippen LogP) is 1.50. The van der Waals surface area contributed by atoms with Crippen molar-refractivity contribution >= 4 is 33.3 Å². The Kier molecular flexibility index (Phi) is 9.76. The molecule has 0 aliphatic carbocycles. The third-order valence-corrected chi connectivity index (χ3v) is 6.36. The van der Waals surface area contributed by atoms with Crippen molar-refractivity contribution in [3.63, 3.8) is 0 Å². The van der Waals surface area contributed by atoms with Crippen LogP contribution in [0.1, 0.15) is 26.3 Å². The lowest BCUT2D eigenvalue weighted by Crippen LogP contribution is -2.35. The zero-order chi connectivity index (χ0) is 24.4. The lowest BCUT2D eigenvalue weighted by atomic mass is 10.2. The number of hydrogen-bond acceptors (Lipinski definition) is 7. The van der Waals surface area contributed by atoms with E-state index < -0.39 is 27.9 Å². The summed E-state index contributed by atoms with van der Waals surface area (Å²) in [5, 5.41) is 4.99. The molecule has 1 aromatic carbocycles. The summed E-state index contributed by atoms with van der Waals surface area (Å²) >= 11 is 0. The second-order valence-electron chi connectivity index (χ2n) is 7.34. The Bertz CT molecular complexity index is 1020. The molecule has 1 aromatic heterocycles. The van der Waals surface area contributed by atoms with Crippen molar-refractivity contribution in [2.45, 2.75) is 38.3 Å². The van der Waals surface area contributed by atoms with E-state index in [2.05, 4.69) is 25.2 Å². The molecule has 0 fully saturated rings. The highest BCUT2D eigenvalue weighted by molar-refractivity contribution is 7.89. The van der Waals surface area contributed by atoms with Crippen LogP contribution in [-0.4, -0.2) is 58.1 Å². The first-order valence-corrected chi connectivity index (χ1v) is 12.1. The van der Waals surface area contributed by atoms with E-state index in [9.17, 15) is 18.0 Å². The highest BCUT2D eigenvalue weighted by Gasteiger charge is 2.18. The summed E-state index contributed by atoms with van der Waals surface area (Å²) in [6, 6.07) is 8.84. The molecule has 1 unspecified atom stereocenters. The van der Waals surface area contributed by atoms with E-state index in [1.165, 1.54) is 31.4 Å². The van der Waals surface area contributed by atoms with Crippen molar-refractivity contribution in [2.24, 2.45) is 0 Å². The minimum Gasteiger partial charge on any atom is -0.383 e. The Morgan fingerprint density at radius 2 is 1.73 bits per heavy atom. The standard InChI is InChI=1S/C22H31N5O5S/c1-5-27(6-2)20-12-7-17(13-23-20)14-24-21(28)22(29)25-18-8-10-19(11-9-18)33(30,31)26-16(3)15-32-4/h7-13,16,26H,5-6,14-15H2,1-4H3,(H,24,28)(H,25,29). The zero-order valence-corrected chi connectivity index (χ0v) is 20.1. The number of carbonyl (C=O) groups is 2. The number of sulfonamides is 1. The molecule has 0 spiro atoms. The number of methoxy groups -OCH3 is 1. The molecule has 2 aromatic rings. The van der Waals surface area contributed by atoms with Gasteiger partial charge in [-0.05, 0) is 56.7 Å². The third kappa shape index (κ3) is 7.81. The number of ether oxygens (including phenoxy) is 1. The molecule has 1 heterocycles. The molecule has 0 saturated heterocycles. The van der Waals surface area contributed by atoms with E-state index in [4.69, 9.17) is 4.74 Å². The Balaban J connectivity index is 1.90. The summed E-state index contributed by atoms with van der Waals surface area (Å²) in [5.41, 5.74) is 1.06. The second-order valence-corrected chi connectivity index (χ2v) is 9.05. The highest BCUT2D eigenvalue weighted by Crippen LogP contribution is 2.15. The van der Waals surface area contributed by atoms with Gasteiger partial charge in [0.05, 0.1) is 11.5 Å². The molecular formula is C22H31N5O5S. The smallest absolute Gasteiger partial charge is 0.313 e. The zero-order valence-electron chi connectivity index (χ0n) is 19.3. The van der Waals surface area contributed by atoms with Gasteiger partial charge in [-0.3, -0.25) is 9.59 Å². The fourth-order valence-electron chi connectivity index (χ4n) is 3.04. The highest BCUT2D eigenvalue weighted by atomic mass is 32.2. The molecule has 0 saturated carbocycles. The van der Waals surface area contributed by atoms with Gasteiger partial charge in [0.1, 0.15) is 5.82 Å². The lowest BCUT2D eigenvalue weighted by molar-refractivity contribution is -0.136. The maximum Gasteiger partial charge on any atom is 0.313 e. The first-order valence-electron chi connectivity index (χ1n) is 10.6. The summed E-state index contributed by atoms with van der Waals surface area (Å²) < 4.78 is 32.1. The van der Waals surface area contributed by atoms with Crippen LogP contribution < -0.4 is 20.3 Å². The molecule has 33 heavy (non-hydrogen) atoms. The number of benzene rings is 1. The van der Waals surface area contributed by atoms with E-state index in [1.54, 1.807) is 13.1 Å². The van der Waals surface area contributed by atoms with Crippen molar-refractivity contribution in [1.29, 1.82) is 0 Å². The summed E-state index contributed by atoms with van der Waals surface area (Å²) in [4.78, 5) is 30.8. The van der Waals surface area contributed by atoms with Gasteiger partial charge < -0.3 is 20.3 Å². The molecule has 2 rings (SSSR count). The van der Waals surface area contributed by atoms with Crippen LogP contribution in [-0.2, 0) is 30.9 Å². The quantitative estimate of drug-likeness (QED) is 0.418. The van der Waals surface area contributed by atoms with Gasteiger partial charge in [0.2, 0.25) is 10.0 Å². The minimum atomic E-state index is -3.73. The number of carbonyl (C=O) groups excluding carboxylic acids is 2. The van der Waals surface area contributed by atoms with Crippen molar-refractivity contribution in [2.75, 3.05) is 37.0 Å². The van der Waals surface area contributed by atoms with E-state index in [-0.39, 0.29) is 18.0 Å². The summed E-state index contributed by atoms with van der Waals surface area (Å²) in [5.74, 6) is -0.818. The maximum atomic E-state index is 12.3. The van der Waals surface area contributed by atoms with Gasteiger partial charge in [0, 0.05) is 44.7 Å². The average molecular weight is 478 g/mol. The Morgan fingerprint density at radius 1 is 1.06 bits per heavy atom. The van der Waals surface area contributed by atoms with Gasteiger partial charge in [0.25, 0.3) is 0 Å². The molecule has 10 nitrogen and oxygen atoms in total. The minimum absolute atomic E-state index is 0.0357. The largest absolute Gasteiger partial charge is 0.383 e. The van der Waals surface area contributed by atoms with Crippen LogP contribution in [0.2, 0.25) is 0 Å². The maximum absolute atomic E-state index is 12.3. The van der Waals surface area contributed by atoms with Crippen molar-refractivity contribution < 1.29 is 22.7 Å². The van der Waals surface area contributed by atoms with Crippen LogP contribution in [0.15, 0.2) is 47.5 Å². The molecule has 0 aliphatic heterocycles. The first kappa shape index (κ1) is 26.2. The van der Waals surface area contributed by atoms with Crippen molar-refractivity contribution in [3.05, 3.63) is 48.2 Å². The molecule has 1 atom stereocenters. The Hall–Kier alpha value is -3.02. The van der Waals surface area contributed by atoms with Crippen LogP contribution in [0.25, 0.3) is 0 Å². The van der Waals surface area contributed by atoms with Crippen molar-refractivity contribution in [3.8, 4) is 0 Å². The molecular weight excluding hydrogens is 446 g/mol. The van der Waals surface area contributed by atoms with E-state index in [0.717, 1.165) is 24.5 Å². The number of nitrogens with one attached hydrogen (secondary N) is 3. The van der Waals surface area contributed by atoms with E-state index in [1.807, 2.05) is 26.0 Å². The van der Waals surface area contributed by atoms with Crippen LogP contribution in [0, 0.1) is 0 Å². The molecule has 180 valence electrons. The Labute approximate surface area is 194 Å². The number of nitrogens with zero attached hydrogens (tertiary/aromatic N) is 2. The molecule has 2 amide bonds. The predicted molar refractivity (Wildman–Crippen MR) is 126 cm³/mol. The number of aromatic nitrogens is 1. The van der Waals surface area contributed by atoms with Crippen LogP contribution >= 0.6 is 0 Å². The topological polar surface area (TPSA) is 130 Å². The van der Waals surface area contributed by atoms with Crippen molar-refractivity contribution in [1.82, 2.24) is 15.0 Å². The van der Waals surface area contributed by atoms with Gasteiger partial charge in [-0.1, -0.05) is 6.07 Å². The van der Waals surface area contributed by atoms with Crippen LogP contribution in [0.3, 0.4) is 0 Å². The van der Waals surface area contributed by atoms with Crippen LogP contribution in [0.5, 0.6) is 0 Å². The Morgan fingerprint density at radius 3 is 2.27 bits per heavy atom. The summed E-state index contributed by atoms with van der Waals surface area (Å²) in [7, 11) is -2.24. The van der Waals surface area contributed by atoms with Gasteiger partial charge in [-0.15, -0.1) is 0 Å². The number of rotatable bonds is 11.